The molecule has 1 fully saturated rings. The molecule has 0 bridgehead atoms. The van der Waals surface area contributed by atoms with Gasteiger partial charge in [0, 0.05) is 25.3 Å². The SMILES string of the molecule is COc1ccc(F)cc1-c1cccc(CC2(C(=O)NCCO)CCOCC2)c1. The number of benzene rings is 2. The molecule has 28 heavy (non-hydrogen) atoms. The van der Waals surface area contributed by atoms with Crippen LogP contribution in [0.15, 0.2) is 42.5 Å². The summed E-state index contributed by atoms with van der Waals surface area (Å²) in [7, 11) is 1.56. The minimum absolute atomic E-state index is 0.0569. The van der Waals surface area contributed by atoms with E-state index in [4.69, 9.17) is 14.6 Å². The Morgan fingerprint density at radius 3 is 2.75 bits per heavy atom. The molecule has 1 aliphatic heterocycles. The van der Waals surface area contributed by atoms with Gasteiger partial charge in [-0.15, -0.1) is 0 Å². The number of ether oxygens (including phenoxy) is 2. The average Bonchev–Trinajstić information content (AvgIpc) is 2.72. The molecule has 1 aliphatic rings. The molecule has 2 aromatic carbocycles. The standard InChI is InChI=1S/C22H26FNO4/c1-27-20-6-5-18(23)14-19(20)17-4-2-3-16(13-17)15-22(7-11-28-12-8-22)21(26)24-9-10-25/h2-6,13-14,25H,7-12,15H2,1H3,(H,24,26). The van der Waals surface area contributed by atoms with Crippen LogP contribution in [0.2, 0.25) is 0 Å². The molecule has 0 aromatic heterocycles. The van der Waals surface area contributed by atoms with Gasteiger partial charge in [-0.3, -0.25) is 4.79 Å². The Balaban J connectivity index is 1.90. The minimum Gasteiger partial charge on any atom is -0.496 e. The van der Waals surface area contributed by atoms with Crippen LogP contribution in [0.3, 0.4) is 0 Å². The smallest absolute Gasteiger partial charge is 0.226 e. The fraction of sp³-hybridized carbons (Fsp3) is 0.409. The van der Waals surface area contributed by atoms with Gasteiger partial charge in [0.05, 0.1) is 19.1 Å². The Hall–Kier alpha value is -2.44. The normalized spacial score (nSPS) is 15.8. The summed E-state index contributed by atoms with van der Waals surface area (Å²) in [6.45, 7) is 1.21. The summed E-state index contributed by atoms with van der Waals surface area (Å²) in [5, 5.41) is 11.9. The van der Waals surface area contributed by atoms with E-state index in [2.05, 4.69) is 5.32 Å². The Labute approximate surface area is 164 Å². The number of hydrogen-bond donors (Lipinski definition) is 2. The average molecular weight is 387 g/mol. The zero-order valence-corrected chi connectivity index (χ0v) is 16.0. The molecule has 0 radical (unpaired) electrons. The summed E-state index contributed by atoms with van der Waals surface area (Å²) < 4.78 is 24.6. The van der Waals surface area contributed by atoms with Gasteiger partial charge in [0.1, 0.15) is 11.6 Å². The largest absolute Gasteiger partial charge is 0.496 e. The van der Waals surface area contributed by atoms with Crippen molar-refractivity contribution in [2.75, 3.05) is 33.5 Å². The zero-order chi connectivity index (χ0) is 20.0. The van der Waals surface area contributed by atoms with Crippen LogP contribution in [0.4, 0.5) is 4.39 Å². The minimum atomic E-state index is -0.571. The van der Waals surface area contributed by atoms with Gasteiger partial charge in [0.25, 0.3) is 0 Å². The number of rotatable bonds is 7. The third kappa shape index (κ3) is 4.51. The van der Waals surface area contributed by atoms with Gasteiger partial charge in [-0.05, 0) is 48.6 Å². The van der Waals surface area contributed by atoms with Crippen molar-refractivity contribution in [1.82, 2.24) is 5.32 Å². The number of nitrogens with one attached hydrogen (secondary N) is 1. The second kappa shape index (κ2) is 9.17. The maximum atomic E-state index is 13.8. The number of hydrogen-bond acceptors (Lipinski definition) is 4. The van der Waals surface area contributed by atoms with Gasteiger partial charge in [0.2, 0.25) is 5.91 Å². The van der Waals surface area contributed by atoms with Crippen LogP contribution in [-0.4, -0.2) is 44.5 Å². The van der Waals surface area contributed by atoms with E-state index in [-0.39, 0.29) is 24.9 Å². The molecular weight excluding hydrogens is 361 g/mol. The van der Waals surface area contributed by atoms with Crippen molar-refractivity contribution < 1.29 is 23.8 Å². The number of halogens is 1. The van der Waals surface area contributed by atoms with Gasteiger partial charge < -0.3 is 19.9 Å². The molecule has 150 valence electrons. The van der Waals surface area contributed by atoms with Crippen LogP contribution in [0.1, 0.15) is 18.4 Å². The van der Waals surface area contributed by atoms with Gasteiger partial charge in [-0.25, -0.2) is 4.39 Å². The molecule has 2 N–H and O–H groups in total. The van der Waals surface area contributed by atoms with Crippen molar-refractivity contribution in [3.63, 3.8) is 0 Å². The lowest BCUT2D eigenvalue weighted by Crippen LogP contribution is -2.46. The molecule has 2 aromatic rings. The fourth-order valence-corrected chi connectivity index (χ4v) is 3.75. The predicted octanol–water partition coefficient (Wildman–Crippen LogP) is 2.95. The Morgan fingerprint density at radius 1 is 1.25 bits per heavy atom. The highest BCUT2D eigenvalue weighted by molar-refractivity contribution is 5.83. The molecule has 1 amide bonds. The van der Waals surface area contributed by atoms with Crippen LogP contribution in [-0.2, 0) is 16.0 Å². The Kier molecular flexibility index (Phi) is 6.65. The van der Waals surface area contributed by atoms with E-state index in [0.29, 0.717) is 43.8 Å². The maximum Gasteiger partial charge on any atom is 0.226 e. The summed E-state index contributed by atoms with van der Waals surface area (Å²) in [4.78, 5) is 12.8. The topological polar surface area (TPSA) is 67.8 Å². The maximum absolute atomic E-state index is 13.8. The van der Waals surface area contributed by atoms with Crippen LogP contribution in [0.5, 0.6) is 5.75 Å². The summed E-state index contributed by atoms with van der Waals surface area (Å²) in [6.07, 6.45) is 1.80. The molecule has 6 heteroatoms. The molecule has 0 unspecified atom stereocenters. The molecule has 5 nitrogen and oxygen atoms in total. The van der Waals surface area contributed by atoms with E-state index < -0.39 is 5.41 Å². The third-order valence-corrected chi connectivity index (χ3v) is 5.27. The monoisotopic (exact) mass is 387 g/mol. The predicted molar refractivity (Wildman–Crippen MR) is 105 cm³/mol. The highest BCUT2D eigenvalue weighted by atomic mass is 19.1. The lowest BCUT2D eigenvalue weighted by atomic mass is 9.74. The van der Waals surface area contributed by atoms with Crippen LogP contribution < -0.4 is 10.1 Å². The summed E-state index contributed by atoms with van der Waals surface area (Å²) in [5.41, 5.74) is 1.93. The van der Waals surface area contributed by atoms with E-state index in [1.807, 2.05) is 24.3 Å². The number of methoxy groups -OCH3 is 1. The van der Waals surface area contributed by atoms with Crippen molar-refractivity contribution in [3.8, 4) is 16.9 Å². The van der Waals surface area contributed by atoms with Crippen LogP contribution in [0, 0.1) is 11.2 Å². The third-order valence-electron chi connectivity index (χ3n) is 5.27. The van der Waals surface area contributed by atoms with E-state index in [1.54, 1.807) is 13.2 Å². The zero-order valence-electron chi connectivity index (χ0n) is 16.0. The first-order valence-corrected chi connectivity index (χ1v) is 9.48. The van der Waals surface area contributed by atoms with E-state index in [0.717, 1.165) is 11.1 Å². The highest BCUT2D eigenvalue weighted by Gasteiger charge is 2.39. The number of carbonyl (C=O) groups excluding carboxylic acids is 1. The fourth-order valence-electron chi connectivity index (χ4n) is 3.75. The second-order valence-corrected chi connectivity index (χ2v) is 7.09. The van der Waals surface area contributed by atoms with Gasteiger partial charge in [-0.1, -0.05) is 24.3 Å². The van der Waals surface area contributed by atoms with Crippen molar-refractivity contribution in [3.05, 3.63) is 53.8 Å². The number of aliphatic hydroxyl groups excluding tert-OH is 1. The van der Waals surface area contributed by atoms with Gasteiger partial charge >= 0.3 is 0 Å². The quantitative estimate of drug-likeness (QED) is 0.767. The summed E-state index contributed by atoms with van der Waals surface area (Å²) in [5.74, 6) is 0.212. The Morgan fingerprint density at radius 2 is 2.04 bits per heavy atom. The molecule has 1 saturated heterocycles. The first-order chi connectivity index (χ1) is 13.6. The number of aliphatic hydroxyl groups is 1. The van der Waals surface area contributed by atoms with Crippen molar-refractivity contribution in [2.24, 2.45) is 5.41 Å². The molecule has 1 heterocycles. The number of carbonyl (C=O) groups is 1. The number of amides is 1. The first-order valence-electron chi connectivity index (χ1n) is 9.48. The Bertz CT molecular complexity index is 818. The summed E-state index contributed by atoms with van der Waals surface area (Å²) in [6, 6.07) is 12.2. The van der Waals surface area contributed by atoms with Crippen molar-refractivity contribution >= 4 is 5.91 Å². The van der Waals surface area contributed by atoms with E-state index >= 15 is 0 Å². The molecule has 0 atom stereocenters. The van der Waals surface area contributed by atoms with E-state index in [1.165, 1.54) is 12.1 Å². The first kappa shape index (κ1) is 20.3. The molecule has 0 saturated carbocycles. The lowest BCUT2D eigenvalue weighted by molar-refractivity contribution is -0.136. The van der Waals surface area contributed by atoms with Gasteiger partial charge in [-0.2, -0.15) is 0 Å². The van der Waals surface area contributed by atoms with Crippen molar-refractivity contribution in [2.45, 2.75) is 19.3 Å². The molecule has 3 rings (SSSR count). The lowest BCUT2D eigenvalue weighted by Gasteiger charge is -2.36. The summed E-state index contributed by atoms with van der Waals surface area (Å²) >= 11 is 0. The molecule has 0 aliphatic carbocycles. The molecular formula is C22H26FNO4. The van der Waals surface area contributed by atoms with Crippen LogP contribution >= 0.6 is 0 Å². The van der Waals surface area contributed by atoms with E-state index in [9.17, 15) is 9.18 Å². The second-order valence-electron chi connectivity index (χ2n) is 7.09. The van der Waals surface area contributed by atoms with Crippen molar-refractivity contribution in [1.29, 1.82) is 0 Å². The molecule has 0 spiro atoms. The highest BCUT2D eigenvalue weighted by Crippen LogP contribution is 2.37. The van der Waals surface area contributed by atoms with Crippen LogP contribution in [0.25, 0.3) is 11.1 Å². The van der Waals surface area contributed by atoms with Gasteiger partial charge in [0.15, 0.2) is 0 Å².